The van der Waals surface area contributed by atoms with E-state index in [4.69, 9.17) is 116 Å². The maximum absolute atomic E-state index is 6.01. The highest BCUT2D eigenvalue weighted by molar-refractivity contribution is 8.26. The third-order valence-electron chi connectivity index (χ3n) is 5.56. The molecule has 0 saturated heterocycles. The maximum Gasteiger partial charge on any atom is -0.000000000273 e. The van der Waals surface area contributed by atoms with E-state index in [1.807, 2.05) is 0 Å². The summed E-state index contributed by atoms with van der Waals surface area (Å²) in [6.07, 6.45) is -11.9. The molecular formula is B29-6. The molecule has 0 saturated carbocycles. The molecule has 0 aliphatic heterocycles. The molecule has 0 aromatic carbocycles. The average Bonchev–Trinajstić information content (AvgIpc) is 2.51. The van der Waals surface area contributed by atoms with Crippen LogP contribution in [0.15, 0.2) is 0 Å². The zero-order valence-electron chi connectivity index (χ0n) is 16.7. The lowest BCUT2D eigenvalue weighted by Gasteiger charge is -2.64. The molecule has 0 aliphatic carbocycles. The van der Waals surface area contributed by atoms with Gasteiger partial charge in [0.2, 0.25) is 0 Å². The molecule has 0 bridgehead atoms. The highest BCUT2D eigenvalue weighted by atomic mass is 13.3. The Kier molecular flexibility index (Phi) is 15.1. The fourth-order valence-corrected chi connectivity index (χ4v) is 4.36. The Morgan fingerprint density at radius 1 is 0.448 bits per heavy atom. The van der Waals surface area contributed by atoms with Crippen LogP contribution in [0.2, 0.25) is 0 Å². The van der Waals surface area contributed by atoms with Gasteiger partial charge in [0, 0.05) is 0 Å². The summed E-state index contributed by atoms with van der Waals surface area (Å²) in [5.41, 5.74) is 0. The maximum atomic E-state index is 6.01. The lowest BCUT2D eigenvalue weighted by Crippen LogP contribution is -2.87. The fourth-order valence-electron chi connectivity index (χ4n) is 4.36. The molecule has 0 aromatic rings. The van der Waals surface area contributed by atoms with E-state index in [1.165, 1.54) is 7.06 Å². The fraction of sp³-hybridized carbons (Fsp3) is 0. The van der Waals surface area contributed by atoms with Crippen LogP contribution in [0, 0.1) is 0 Å². The Morgan fingerprint density at radius 3 is 0.966 bits per heavy atom. The van der Waals surface area contributed by atoms with Crippen LogP contribution in [0.3, 0.4) is 0 Å². The van der Waals surface area contributed by atoms with Gasteiger partial charge in [-0.15, -0.1) is 12.8 Å². The van der Waals surface area contributed by atoms with Crippen LogP contribution in [0.1, 0.15) is 0 Å². The first-order chi connectivity index (χ1) is 13.2. The lowest BCUT2D eigenvalue weighted by molar-refractivity contribution is 3.26. The minimum absolute atomic E-state index is 0.741. The summed E-state index contributed by atoms with van der Waals surface area (Å²) < 4.78 is 0. The monoisotopic (exact) mass is 319 g/mol. The van der Waals surface area contributed by atoms with Gasteiger partial charge >= 0.3 is 0 Å². The molecule has 0 nitrogen and oxygen atoms in total. The van der Waals surface area contributed by atoms with Gasteiger partial charge in [-0.2, -0.15) is 0 Å². The normalized spacial score (nSPS) is 9.59. The summed E-state index contributed by atoms with van der Waals surface area (Å²) in [7, 11) is 91.2. The molecule has 29 heavy (non-hydrogen) atoms. The summed E-state index contributed by atoms with van der Waals surface area (Å²) in [4.78, 5) is 0. The molecule has 29 heteroatoms. The molecule has 0 aliphatic rings. The highest BCUT2D eigenvalue weighted by Gasteiger charge is 2.46. The predicted octanol–water partition coefficient (Wildman–Crippen LogP) is -11.0. The second kappa shape index (κ2) is 14.2. The van der Waals surface area contributed by atoms with Crippen LogP contribution in [0.5, 0.6) is 0 Å². The van der Waals surface area contributed by atoms with E-state index in [9.17, 15) is 0 Å². The molecule has 0 unspecified atom stereocenters. The number of hydrogen-bond donors (Lipinski definition) is 0. The third kappa shape index (κ3) is 8.63. The number of hydrogen-bond acceptors (Lipinski definition) is 0. The van der Waals surface area contributed by atoms with Crippen molar-refractivity contribution in [1.82, 2.24) is 0 Å². The van der Waals surface area contributed by atoms with Gasteiger partial charge in [-0.3, -0.25) is 7.06 Å². The quantitative estimate of drug-likeness (QED) is 0.296. The van der Waals surface area contributed by atoms with Crippen LogP contribution < -0.4 is 0 Å². The summed E-state index contributed by atoms with van der Waals surface area (Å²) in [5, 5.41) is 0. The second-order valence-corrected chi connectivity index (χ2v) is 7.70. The minimum atomic E-state index is -1.03. The van der Waals surface area contributed by atoms with Crippen molar-refractivity contribution in [3.8, 4) is 0 Å². The number of rotatable bonds is 13. The Labute approximate surface area is 205 Å². The minimum Gasteiger partial charge on any atom is -0.729 e. The molecule has 0 rings (SSSR count). The van der Waals surface area contributed by atoms with Crippen LogP contribution >= 0.6 is 0 Å². The standard InChI is InChI=1S/B29/c1-16-24(17(2)3)28(25(18(4)5)19(6)7)29(26(20(8)9)21(10)11)27(22(12)13)23(14)15/q-6. The van der Waals surface area contributed by atoms with E-state index < -0.39 is 83.0 Å². The van der Waals surface area contributed by atoms with Crippen molar-refractivity contribution in [2.24, 2.45) is 0 Å². The first-order valence-electron chi connectivity index (χ1n) is 9.33. The largest absolute Gasteiger partial charge is 0.729 e. The van der Waals surface area contributed by atoms with E-state index in [2.05, 4.69) is 0 Å². The van der Waals surface area contributed by atoms with Crippen LogP contribution in [-0.4, -0.2) is 206 Å². The van der Waals surface area contributed by atoms with E-state index in [-0.39, 0.29) is 0 Å². The summed E-state index contributed by atoms with van der Waals surface area (Å²) in [5.74, 6) is 0. The molecule has 0 aromatic heterocycles. The second-order valence-electron chi connectivity index (χ2n) is 7.70. The molecular weight excluding hydrogens is 314 g/mol. The van der Waals surface area contributed by atoms with Crippen molar-refractivity contribution in [2.75, 3.05) is 0 Å². The summed E-state index contributed by atoms with van der Waals surface area (Å²) in [6.45, 7) is 0. The van der Waals surface area contributed by atoms with Crippen molar-refractivity contribution in [3.63, 3.8) is 0 Å². The van der Waals surface area contributed by atoms with Gasteiger partial charge in [0.05, 0.1) is 0 Å². The summed E-state index contributed by atoms with van der Waals surface area (Å²) in [6, 6.07) is 0. The van der Waals surface area contributed by atoms with Crippen molar-refractivity contribution >= 4 is 206 Å². The Morgan fingerprint density at radius 2 is 0.793 bits per heavy atom. The molecule has 93 valence electrons. The highest BCUT2D eigenvalue weighted by Crippen LogP contribution is 2.13. The molecule has 37 radical (unpaired) electrons. The van der Waals surface area contributed by atoms with E-state index >= 15 is 0 Å². The molecule has 0 amide bonds. The average molecular weight is 314 g/mol. The smallest absolute Gasteiger partial charge is 0.000000000273 e. The van der Waals surface area contributed by atoms with Crippen molar-refractivity contribution in [3.05, 3.63) is 0 Å². The van der Waals surface area contributed by atoms with Crippen LogP contribution in [0.4, 0.5) is 0 Å². The predicted molar refractivity (Wildman–Crippen MR) is 167 cm³/mol. The molecule has 0 spiro atoms. The molecule has 0 fully saturated rings. The van der Waals surface area contributed by atoms with Gasteiger partial charge in [-0.1, -0.05) is 0 Å². The zero-order valence-corrected chi connectivity index (χ0v) is 16.7. The van der Waals surface area contributed by atoms with Gasteiger partial charge in [-0.25, -0.2) is 6.39 Å². The zero-order chi connectivity index (χ0) is 23.2. The lowest BCUT2D eigenvalue weighted by atomic mass is 8.32. The Balaban J connectivity index is 6.97. The summed E-state index contributed by atoms with van der Waals surface area (Å²) >= 11 is 0. The topological polar surface area (TPSA) is 0 Å². The van der Waals surface area contributed by atoms with Gasteiger partial charge in [0.15, 0.2) is 0 Å². The van der Waals surface area contributed by atoms with Gasteiger partial charge in [0.25, 0.3) is 0 Å². The van der Waals surface area contributed by atoms with Gasteiger partial charge < -0.3 is 59.2 Å². The van der Waals surface area contributed by atoms with E-state index in [0.717, 1.165) is 0 Å². The van der Waals surface area contributed by atoms with Gasteiger partial charge in [0.1, 0.15) is 0 Å². The third-order valence-corrected chi connectivity index (χ3v) is 5.56. The Bertz CT molecular complexity index is 368. The first kappa shape index (κ1) is 30.9. The van der Waals surface area contributed by atoms with Crippen LogP contribution in [-0.2, 0) is 0 Å². The van der Waals surface area contributed by atoms with Gasteiger partial charge in [-0.05, 0) is 121 Å². The Hall–Kier alpha value is 1.88. The van der Waals surface area contributed by atoms with Crippen molar-refractivity contribution in [2.45, 2.75) is 0 Å². The van der Waals surface area contributed by atoms with Crippen LogP contribution in [0.25, 0.3) is 0 Å². The van der Waals surface area contributed by atoms with Crippen molar-refractivity contribution in [1.29, 1.82) is 0 Å². The SMILES string of the molecule is [B]B([B])B(B([B])[B])B(B(B([B])[B])B([B])[B])B(B([B][B-])B([B-])[B-])B(B([B])[B-])B([B-])[B-]. The van der Waals surface area contributed by atoms with E-state index in [0.29, 0.717) is 0 Å². The van der Waals surface area contributed by atoms with Crippen molar-refractivity contribution < 1.29 is 0 Å². The molecule has 0 heterocycles. The molecule has 0 atom stereocenters. The molecule has 0 N–H and O–H groups in total. The van der Waals surface area contributed by atoms with E-state index in [1.54, 1.807) is 0 Å². The first-order valence-corrected chi connectivity index (χ1v) is 9.33.